The molecular weight excluding hydrogens is 330 g/mol. The quantitative estimate of drug-likeness (QED) is 0.606. The Morgan fingerprint density at radius 3 is 2.31 bits per heavy atom. The zero-order valence-electron chi connectivity index (χ0n) is 15.2. The van der Waals surface area contributed by atoms with Crippen LogP contribution in [-0.4, -0.2) is 5.11 Å². The van der Waals surface area contributed by atoms with Gasteiger partial charge in [-0.3, -0.25) is 0 Å². The van der Waals surface area contributed by atoms with Gasteiger partial charge in [0, 0.05) is 0 Å². The van der Waals surface area contributed by atoms with E-state index in [1.807, 2.05) is 26.0 Å². The summed E-state index contributed by atoms with van der Waals surface area (Å²) in [4.78, 5) is 0. The average molecular weight is 352 g/mol. The van der Waals surface area contributed by atoms with Crippen molar-refractivity contribution in [3.63, 3.8) is 0 Å². The third kappa shape index (κ3) is 3.62. The summed E-state index contributed by atoms with van der Waals surface area (Å²) in [6.07, 6.45) is 1.15. The lowest BCUT2D eigenvalue weighted by Crippen LogP contribution is -2.01. The monoisotopic (exact) mass is 352 g/mol. The number of hydrogen-bond acceptors (Lipinski definition) is 1. The van der Waals surface area contributed by atoms with Gasteiger partial charge in [0.1, 0.15) is 17.4 Å². The Balaban J connectivity index is 1.95. The Labute approximate surface area is 152 Å². The molecule has 0 saturated heterocycles. The highest BCUT2D eigenvalue weighted by molar-refractivity contribution is 5.65. The van der Waals surface area contributed by atoms with Gasteiger partial charge in [-0.1, -0.05) is 18.2 Å². The van der Waals surface area contributed by atoms with Crippen molar-refractivity contribution >= 4 is 0 Å². The maximum Gasteiger partial charge on any atom is 0.129 e. The molecule has 0 radical (unpaired) electrons. The molecule has 0 fully saturated rings. The third-order valence-electron chi connectivity index (χ3n) is 4.94. The second-order valence-electron chi connectivity index (χ2n) is 6.78. The molecule has 0 amide bonds. The van der Waals surface area contributed by atoms with Crippen molar-refractivity contribution in [3.8, 4) is 16.9 Å². The fourth-order valence-corrected chi connectivity index (χ4v) is 3.38. The van der Waals surface area contributed by atoms with Crippen LogP contribution in [0.1, 0.15) is 27.8 Å². The molecule has 0 aliphatic rings. The number of phenols is 1. The summed E-state index contributed by atoms with van der Waals surface area (Å²) >= 11 is 0. The van der Waals surface area contributed by atoms with Crippen LogP contribution in [0.25, 0.3) is 11.1 Å². The Hall–Kier alpha value is -2.68. The SMILES string of the molecule is Cc1cc(-c2cccc(F)c2)cc(CCc2c(C)ccc(O)c2C)c1F. The Morgan fingerprint density at radius 1 is 0.808 bits per heavy atom. The number of aryl methyl sites for hydroxylation is 3. The molecule has 0 bridgehead atoms. The summed E-state index contributed by atoms with van der Waals surface area (Å²) in [5.74, 6) is -0.270. The number of halogens is 2. The van der Waals surface area contributed by atoms with Gasteiger partial charge in [-0.2, -0.15) is 0 Å². The number of benzene rings is 3. The molecular formula is C23H22F2O. The molecule has 3 aromatic carbocycles. The van der Waals surface area contributed by atoms with Crippen LogP contribution in [0.2, 0.25) is 0 Å². The van der Waals surface area contributed by atoms with E-state index in [1.165, 1.54) is 12.1 Å². The molecule has 0 aliphatic carbocycles. The molecule has 3 heteroatoms. The molecule has 3 rings (SSSR count). The van der Waals surface area contributed by atoms with E-state index in [9.17, 15) is 13.9 Å². The number of rotatable bonds is 4. The maximum atomic E-state index is 14.6. The van der Waals surface area contributed by atoms with Crippen LogP contribution in [0, 0.1) is 32.4 Å². The second kappa shape index (κ2) is 7.28. The summed E-state index contributed by atoms with van der Waals surface area (Å²) in [6.45, 7) is 5.60. The summed E-state index contributed by atoms with van der Waals surface area (Å²) in [7, 11) is 0. The second-order valence-corrected chi connectivity index (χ2v) is 6.78. The predicted octanol–water partition coefficient (Wildman–Crippen LogP) is 6.05. The maximum absolute atomic E-state index is 14.6. The molecule has 0 spiro atoms. The highest BCUT2D eigenvalue weighted by Crippen LogP contribution is 2.28. The van der Waals surface area contributed by atoms with E-state index in [4.69, 9.17) is 0 Å². The summed E-state index contributed by atoms with van der Waals surface area (Å²) in [6, 6.07) is 13.4. The molecule has 0 aromatic heterocycles. The van der Waals surface area contributed by atoms with Crippen molar-refractivity contribution in [2.45, 2.75) is 33.6 Å². The van der Waals surface area contributed by atoms with Gasteiger partial charge in [-0.25, -0.2) is 8.78 Å². The van der Waals surface area contributed by atoms with Crippen molar-refractivity contribution in [2.24, 2.45) is 0 Å². The highest BCUT2D eigenvalue weighted by Gasteiger charge is 2.12. The van der Waals surface area contributed by atoms with E-state index in [0.29, 0.717) is 24.0 Å². The van der Waals surface area contributed by atoms with Crippen LogP contribution >= 0.6 is 0 Å². The lowest BCUT2D eigenvalue weighted by atomic mass is 9.93. The fourth-order valence-electron chi connectivity index (χ4n) is 3.38. The van der Waals surface area contributed by atoms with E-state index in [1.54, 1.807) is 31.2 Å². The summed E-state index contributed by atoms with van der Waals surface area (Å²) in [5, 5.41) is 9.93. The standard InChI is InChI=1S/C23H22F2O/c1-14-7-10-22(26)16(3)21(14)9-8-18-12-19(11-15(2)23(18)25)17-5-4-6-20(24)13-17/h4-7,10-13,26H,8-9H2,1-3H3. The molecule has 0 unspecified atom stereocenters. The lowest BCUT2D eigenvalue weighted by Gasteiger charge is -2.14. The Bertz CT molecular complexity index is 961. The molecule has 0 heterocycles. The van der Waals surface area contributed by atoms with E-state index < -0.39 is 0 Å². The number of aromatic hydroxyl groups is 1. The molecule has 0 aliphatic heterocycles. The first-order valence-electron chi connectivity index (χ1n) is 8.70. The summed E-state index contributed by atoms with van der Waals surface area (Å²) < 4.78 is 28.2. The summed E-state index contributed by atoms with van der Waals surface area (Å²) in [5.41, 5.74) is 5.65. The zero-order valence-corrected chi connectivity index (χ0v) is 15.2. The van der Waals surface area contributed by atoms with Crippen LogP contribution in [0.15, 0.2) is 48.5 Å². The topological polar surface area (TPSA) is 20.2 Å². The van der Waals surface area contributed by atoms with Crippen LogP contribution in [0.3, 0.4) is 0 Å². The van der Waals surface area contributed by atoms with Gasteiger partial charge in [0.2, 0.25) is 0 Å². The molecule has 3 aromatic rings. The predicted molar refractivity (Wildman–Crippen MR) is 102 cm³/mol. The molecule has 134 valence electrons. The molecule has 26 heavy (non-hydrogen) atoms. The molecule has 0 saturated carbocycles. The highest BCUT2D eigenvalue weighted by atomic mass is 19.1. The van der Waals surface area contributed by atoms with E-state index in [2.05, 4.69) is 0 Å². The van der Waals surface area contributed by atoms with Crippen molar-refractivity contribution in [1.29, 1.82) is 0 Å². The minimum atomic E-state index is -0.308. The van der Waals surface area contributed by atoms with Crippen molar-refractivity contribution in [2.75, 3.05) is 0 Å². The fraction of sp³-hybridized carbons (Fsp3) is 0.217. The van der Waals surface area contributed by atoms with E-state index in [0.717, 1.165) is 27.8 Å². The van der Waals surface area contributed by atoms with Crippen LogP contribution in [-0.2, 0) is 12.8 Å². The number of hydrogen-bond donors (Lipinski definition) is 1. The van der Waals surface area contributed by atoms with Gasteiger partial charge < -0.3 is 5.11 Å². The van der Waals surface area contributed by atoms with Gasteiger partial charge in [0.15, 0.2) is 0 Å². The first-order valence-corrected chi connectivity index (χ1v) is 8.70. The first kappa shape index (κ1) is 18.1. The molecule has 0 atom stereocenters. The van der Waals surface area contributed by atoms with Crippen molar-refractivity contribution in [3.05, 3.63) is 88.0 Å². The molecule has 1 nitrogen and oxygen atoms in total. The van der Waals surface area contributed by atoms with Crippen LogP contribution in [0.4, 0.5) is 8.78 Å². The Kier molecular flexibility index (Phi) is 5.08. The van der Waals surface area contributed by atoms with Gasteiger partial charge in [-0.15, -0.1) is 0 Å². The van der Waals surface area contributed by atoms with Crippen LogP contribution < -0.4 is 0 Å². The van der Waals surface area contributed by atoms with Gasteiger partial charge in [0.25, 0.3) is 0 Å². The minimum Gasteiger partial charge on any atom is -0.508 e. The third-order valence-corrected chi connectivity index (χ3v) is 4.94. The van der Waals surface area contributed by atoms with Crippen molar-refractivity contribution < 1.29 is 13.9 Å². The molecule has 1 N–H and O–H groups in total. The smallest absolute Gasteiger partial charge is 0.129 e. The normalized spacial score (nSPS) is 11.0. The number of phenolic OH excluding ortho intramolecular Hbond substituents is 1. The van der Waals surface area contributed by atoms with Crippen LogP contribution in [0.5, 0.6) is 5.75 Å². The minimum absolute atomic E-state index is 0.222. The van der Waals surface area contributed by atoms with Crippen molar-refractivity contribution in [1.82, 2.24) is 0 Å². The van der Waals surface area contributed by atoms with Gasteiger partial charge in [0.05, 0.1) is 0 Å². The van der Waals surface area contributed by atoms with Gasteiger partial charge >= 0.3 is 0 Å². The zero-order chi connectivity index (χ0) is 18.8. The Morgan fingerprint density at radius 2 is 1.58 bits per heavy atom. The van der Waals surface area contributed by atoms with E-state index >= 15 is 0 Å². The first-order chi connectivity index (χ1) is 12.4. The van der Waals surface area contributed by atoms with E-state index in [-0.39, 0.29) is 17.4 Å². The largest absolute Gasteiger partial charge is 0.508 e. The lowest BCUT2D eigenvalue weighted by molar-refractivity contribution is 0.470. The average Bonchev–Trinajstić information content (AvgIpc) is 2.61. The van der Waals surface area contributed by atoms with Gasteiger partial charge in [-0.05, 0) is 103 Å².